The van der Waals surface area contributed by atoms with E-state index >= 15 is 0 Å². The predicted octanol–water partition coefficient (Wildman–Crippen LogP) is 1.42. The Balaban J connectivity index is 2.36. The van der Waals surface area contributed by atoms with E-state index in [0.29, 0.717) is 0 Å². The van der Waals surface area contributed by atoms with Gasteiger partial charge in [-0.05, 0) is 12.1 Å². The Morgan fingerprint density at radius 2 is 2.11 bits per heavy atom. The number of hydrogen-bond donors (Lipinski definition) is 3. The van der Waals surface area contributed by atoms with Crippen LogP contribution in [0.2, 0.25) is 0 Å². The van der Waals surface area contributed by atoms with Gasteiger partial charge in [-0.25, -0.2) is 4.79 Å². The summed E-state index contributed by atoms with van der Waals surface area (Å²) in [4.78, 5) is 12.7. The number of carbonyl (C=O) groups is 1. The third-order valence-corrected chi connectivity index (χ3v) is 2.85. The molecule has 8 heteroatoms. The van der Waals surface area contributed by atoms with Gasteiger partial charge in [0.1, 0.15) is 6.54 Å². The Hall–Kier alpha value is -1.72. The van der Waals surface area contributed by atoms with Gasteiger partial charge in [0.2, 0.25) is 0 Å². The van der Waals surface area contributed by atoms with Gasteiger partial charge in [-0.15, -0.1) is 11.3 Å². The molecular weight excluding hydrogens is 279 g/mol. The van der Waals surface area contributed by atoms with E-state index in [-0.39, 0.29) is 13.1 Å². The van der Waals surface area contributed by atoms with E-state index in [2.05, 4.69) is 17.2 Å². The summed E-state index contributed by atoms with van der Waals surface area (Å²) in [6, 6.07) is 2.65. The first kappa shape index (κ1) is 15.3. The van der Waals surface area contributed by atoms with Gasteiger partial charge in [0.15, 0.2) is 0 Å². The molecule has 1 aromatic rings. The maximum atomic E-state index is 11.8. The second-order valence-corrected chi connectivity index (χ2v) is 4.59. The quantitative estimate of drug-likeness (QED) is 0.737. The number of alkyl halides is 3. The maximum absolute atomic E-state index is 11.8. The average molecular weight is 291 g/mol. The lowest BCUT2D eigenvalue weighted by Gasteiger charge is -2.08. The summed E-state index contributed by atoms with van der Waals surface area (Å²) in [5.41, 5.74) is 5.22. The van der Waals surface area contributed by atoms with E-state index in [1.54, 1.807) is 17.4 Å². The van der Waals surface area contributed by atoms with Crippen molar-refractivity contribution in [3.63, 3.8) is 0 Å². The molecule has 0 radical (unpaired) electrons. The van der Waals surface area contributed by atoms with E-state index in [4.69, 9.17) is 5.73 Å². The minimum atomic E-state index is -4.41. The minimum Gasteiger partial charge on any atom is -0.333 e. The molecule has 0 aliphatic rings. The maximum Gasteiger partial charge on any atom is 0.405 e. The zero-order chi connectivity index (χ0) is 14.3. The summed E-state index contributed by atoms with van der Waals surface area (Å²) in [5.74, 6) is 5.51. The topological polar surface area (TPSA) is 67.1 Å². The third kappa shape index (κ3) is 6.69. The molecule has 2 amide bonds. The molecule has 0 aliphatic heterocycles. The van der Waals surface area contributed by atoms with Gasteiger partial charge in [-0.2, -0.15) is 13.2 Å². The monoisotopic (exact) mass is 291 g/mol. The largest absolute Gasteiger partial charge is 0.405 e. The van der Waals surface area contributed by atoms with Crippen LogP contribution in [0.1, 0.15) is 9.75 Å². The van der Waals surface area contributed by atoms with Crippen molar-refractivity contribution in [1.29, 1.82) is 0 Å². The zero-order valence-electron chi connectivity index (χ0n) is 9.80. The zero-order valence-corrected chi connectivity index (χ0v) is 10.6. The van der Waals surface area contributed by atoms with Crippen molar-refractivity contribution in [1.82, 2.24) is 10.6 Å². The molecule has 104 valence electrons. The van der Waals surface area contributed by atoms with Crippen molar-refractivity contribution in [3.05, 3.63) is 21.9 Å². The number of thiophene rings is 1. The Labute approximate surface area is 112 Å². The first-order valence-electron chi connectivity index (χ1n) is 5.27. The number of amides is 2. The highest BCUT2D eigenvalue weighted by atomic mass is 32.1. The van der Waals surface area contributed by atoms with Gasteiger partial charge in [0.25, 0.3) is 0 Å². The van der Waals surface area contributed by atoms with Gasteiger partial charge in [-0.3, -0.25) is 0 Å². The van der Waals surface area contributed by atoms with Crippen LogP contribution in [0.5, 0.6) is 0 Å². The molecule has 1 heterocycles. The molecule has 4 N–H and O–H groups in total. The Morgan fingerprint density at radius 3 is 2.74 bits per heavy atom. The van der Waals surface area contributed by atoms with Gasteiger partial charge in [0.05, 0.1) is 18.0 Å². The lowest BCUT2D eigenvalue weighted by atomic mass is 10.4. The molecule has 0 bridgehead atoms. The number of nitrogens with one attached hydrogen (secondary N) is 2. The summed E-state index contributed by atoms with van der Waals surface area (Å²) in [7, 11) is 0. The summed E-state index contributed by atoms with van der Waals surface area (Å²) in [6.07, 6.45) is -4.41. The molecule has 0 spiro atoms. The van der Waals surface area contributed by atoms with Crippen molar-refractivity contribution in [2.24, 2.45) is 5.73 Å². The van der Waals surface area contributed by atoms with Crippen molar-refractivity contribution in [3.8, 4) is 11.8 Å². The Morgan fingerprint density at radius 1 is 1.37 bits per heavy atom. The fraction of sp³-hybridized carbons (Fsp3) is 0.364. The number of carbonyl (C=O) groups excluding carboxylic acids is 1. The van der Waals surface area contributed by atoms with Gasteiger partial charge in [-0.1, -0.05) is 11.8 Å². The number of nitrogens with two attached hydrogens (primary N) is 1. The predicted molar refractivity (Wildman–Crippen MR) is 66.5 cm³/mol. The van der Waals surface area contributed by atoms with Crippen LogP contribution in [-0.2, 0) is 6.54 Å². The number of halogens is 3. The molecule has 0 fully saturated rings. The van der Waals surface area contributed by atoms with Crippen molar-refractivity contribution in [2.45, 2.75) is 12.7 Å². The minimum absolute atomic E-state index is 0.151. The standard InChI is InChI=1S/C11H12F3N3OS/c12-11(13,14)7-17-10(18)16-6-9-4-3-8(19-9)2-1-5-15/h3-4H,5-7,15H2,(H2,16,17,18). The van der Waals surface area contributed by atoms with Crippen LogP contribution in [0.25, 0.3) is 0 Å². The summed E-state index contributed by atoms with van der Waals surface area (Å²) in [6.45, 7) is -0.944. The van der Waals surface area contributed by atoms with Gasteiger partial charge >= 0.3 is 12.2 Å². The molecule has 0 aliphatic carbocycles. The molecule has 0 saturated heterocycles. The fourth-order valence-electron chi connectivity index (χ4n) is 1.09. The summed E-state index contributed by atoms with van der Waals surface area (Å²) < 4.78 is 35.5. The van der Waals surface area contributed by atoms with Crippen LogP contribution in [0.3, 0.4) is 0 Å². The number of hydrogen-bond acceptors (Lipinski definition) is 3. The van der Waals surface area contributed by atoms with Crippen LogP contribution < -0.4 is 16.4 Å². The lowest BCUT2D eigenvalue weighted by Crippen LogP contribution is -2.40. The Kier molecular flexibility index (Phi) is 5.66. The van der Waals surface area contributed by atoms with Crippen molar-refractivity contribution in [2.75, 3.05) is 13.1 Å². The smallest absolute Gasteiger partial charge is 0.333 e. The van der Waals surface area contributed by atoms with E-state index in [1.807, 2.05) is 0 Å². The molecule has 1 rings (SSSR count). The van der Waals surface area contributed by atoms with Crippen LogP contribution >= 0.6 is 11.3 Å². The fourth-order valence-corrected chi connectivity index (χ4v) is 1.91. The van der Waals surface area contributed by atoms with Crippen molar-refractivity contribution < 1.29 is 18.0 Å². The average Bonchev–Trinajstić information content (AvgIpc) is 2.78. The summed E-state index contributed by atoms with van der Waals surface area (Å²) >= 11 is 1.34. The molecule has 0 atom stereocenters. The first-order chi connectivity index (χ1) is 8.90. The van der Waals surface area contributed by atoms with Crippen molar-refractivity contribution >= 4 is 17.4 Å². The molecule has 0 unspecified atom stereocenters. The normalized spacial score (nSPS) is 10.5. The van der Waals surface area contributed by atoms with Crippen LogP contribution in [0.4, 0.5) is 18.0 Å². The molecule has 19 heavy (non-hydrogen) atoms. The molecule has 1 aromatic heterocycles. The second-order valence-electron chi connectivity index (χ2n) is 3.42. The van der Waals surface area contributed by atoms with E-state index in [1.165, 1.54) is 11.3 Å². The number of urea groups is 1. The SMILES string of the molecule is NCC#Cc1ccc(CNC(=O)NCC(F)(F)F)s1. The van der Waals surface area contributed by atoms with E-state index in [0.717, 1.165) is 9.75 Å². The van der Waals surface area contributed by atoms with Crippen LogP contribution in [0, 0.1) is 11.8 Å². The van der Waals surface area contributed by atoms with Crippen LogP contribution in [0.15, 0.2) is 12.1 Å². The van der Waals surface area contributed by atoms with E-state index < -0.39 is 18.8 Å². The molecule has 0 saturated carbocycles. The highest BCUT2D eigenvalue weighted by Gasteiger charge is 2.27. The third-order valence-electron chi connectivity index (χ3n) is 1.85. The number of rotatable bonds is 3. The van der Waals surface area contributed by atoms with E-state index in [9.17, 15) is 18.0 Å². The highest BCUT2D eigenvalue weighted by Crippen LogP contribution is 2.15. The van der Waals surface area contributed by atoms with Crippen LogP contribution in [-0.4, -0.2) is 25.3 Å². The van der Waals surface area contributed by atoms with Gasteiger partial charge < -0.3 is 16.4 Å². The Bertz CT molecular complexity index is 487. The molecule has 0 aromatic carbocycles. The first-order valence-corrected chi connectivity index (χ1v) is 6.08. The lowest BCUT2D eigenvalue weighted by molar-refractivity contribution is -0.122. The second kappa shape index (κ2) is 7.01. The molecular formula is C11H12F3N3OS. The highest BCUT2D eigenvalue weighted by molar-refractivity contribution is 7.12. The summed E-state index contributed by atoms with van der Waals surface area (Å²) in [5, 5.41) is 4.05. The molecule has 4 nitrogen and oxygen atoms in total. The van der Waals surface area contributed by atoms with Gasteiger partial charge in [0, 0.05) is 4.88 Å².